The molecular formula is C15H13NO3. The molecule has 1 aromatic heterocycles. The topological polar surface area (TPSA) is 48.4 Å². The van der Waals surface area contributed by atoms with Crippen molar-refractivity contribution < 1.29 is 14.3 Å². The van der Waals surface area contributed by atoms with Gasteiger partial charge in [0.25, 0.3) is 0 Å². The van der Waals surface area contributed by atoms with Crippen LogP contribution in [0.15, 0.2) is 42.7 Å². The number of carbonyl (C=O) groups is 1. The Labute approximate surface area is 111 Å². The summed E-state index contributed by atoms with van der Waals surface area (Å²) in [6, 6.07) is 9.08. The van der Waals surface area contributed by atoms with Gasteiger partial charge in [0.05, 0.1) is 12.7 Å². The first-order valence-electron chi connectivity index (χ1n) is 6.06. The van der Waals surface area contributed by atoms with Gasteiger partial charge in [0, 0.05) is 18.8 Å². The Morgan fingerprint density at radius 3 is 3.00 bits per heavy atom. The third-order valence-corrected chi connectivity index (χ3v) is 3.16. The highest BCUT2D eigenvalue weighted by molar-refractivity contribution is 6.05. The zero-order valence-electron chi connectivity index (χ0n) is 10.5. The van der Waals surface area contributed by atoms with Gasteiger partial charge in [0.2, 0.25) is 5.78 Å². The quantitative estimate of drug-likeness (QED) is 0.844. The third kappa shape index (κ3) is 2.17. The second-order valence-electron chi connectivity index (χ2n) is 4.40. The van der Waals surface area contributed by atoms with Crippen LogP contribution in [0.3, 0.4) is 0 Å². The van der Waals surface area contributed by atoms with Crippen molar-refractivity contribution >= 4 is 5.78 Å². The fourth-order valence-corrected chi connectivity index (χ4v) is 2.18. The van der Waals surface area contributed by atoms with Crippen LogP contribution in [-0.4, -0.2) is 24.0 Å². The number of rotatable bonds is 3. The molecule has 1 aromatic carbocycles. The molecule has 0 radical (unpaired) electrons. The molecule has 19 heavy (non-hydrogen) atoms. The molecule has 0 saturated heterocycles. The number of fused-ring (bicyclic) bond motifs is 1. The Morgan fingerprint density at radius 2 is 2.26 bits per heavy atom. The molecule has 0 N–H and O–H groups in total. The SMILES string of the molecule is COc1ccc2c(c1)C(=O)C(Cc1cccnc1)O2. The highest BCUT2D eigenvalue weighted by atomic mass is 16.5. The first-order valence-corrected chi connectivity index (χ1v) is 6.06. The lowest BCUT2D eigenvalue weighted by molar-refractivity contribution is 0.0857. The fourth-order valence-electron chi connectivity index (χ4n) is 2.18. The van der Waals surface area contributed by atoms with Gasteiger partial charge in [-0.15, -0.1) is 0 Å². The molecular weight excluding hydrogens is 242 g/mol. The van der Waals surface area contributed by atoms with E-state index in [9.17, 15) is 4.79 Å². The Morgan fingerprint density at radius 1 is 1.37 bits per heavy atom. The number of methoxy groups -OCH3 is 1. The van der Waals surface area contributed by atoms with Crippen molar-refractivity contribution in [3.05, 3.63) is 53.9 Å². The van der Waals surface area contributed by atoms with Gasteiger partial charge in [0.1, 0.15) is 11.5 Å². The number of Topliss-reactive ketones (excluding diaryl/α,β-unsaturated/α-hetero) is 1. The molecule has 0 saturated carbocycles. The summed E-state index contributed by atoms with van der Waals surface area (Å²) in [6.45, 7) is 0. The predicted molar refractivity (Wildman–Crippen MR) is 69.7 cm³/mol. The first kappa shape index (κ1) is 11.7. The van der Waals surface area contributed by atoms with E-state index in [0.717, 1.165) is 5.56 Å². The molecule has 0 fully saturated rings. The number of hydrogen-bond acceptors (Lipinski definition) is 4. The van der Waals surface area contributed by atoms with E-state index in [2.05, 4.69) is 4.98 Å². The number of pyridine rings is 1. The van der Waals surface area contributed by atoms with E-state index in [1.807, 2.05) is 12.1 Å². The van der Waals surface area contributed by atoms with Crippen molar-refractivity contribution in [2.45, 2.75) is 12.5 Å². The number of aromatic nitrogens is 1. The maximum absolute atomic E-state index is 12.3. The fraction of sp³-hybridized carbons (Fsp3) is 0.200. The molecule has 0 bridgehead atoms. The summed E-state index contributed by atoms with van der Waals surface area (Å²) in [5, 5.41) is 0. The number of carbonyl (C=O) groups excluding carboxylic acids is 1. The summed E-state index contributed by atoms with van der Waals surface area (Å²) in [5.74, 6) is 1.29. The number of hydrogen-bond donors (Lipinski definition) is 0. The molecule has 1 aliphatic heterocycles. The first-order chi connectivity index (χ1) is 9.28. The number of ketones is 1. The summed E-state index contributed by atoms with van der Waals surface area (Å²) >= 11 is 0. The molecule has 2 heterocycles. The maximum Gasteiger partial charge on any atom is 0.207 e. The van der Waals surface area contributed by atoms with Crippen molar-refractivity contribution in [1.29, 1.82) is 0 Å². The van der Waals surface area contributed by atoms with Crippen LogP contribution in [0, 0.1) is 0 Å². The molecule has 0 amide bonds. The molecule has 0 spiro atoms. The van der Waals surface area contributed by atoms with Crippen molar-refractivity contribution in [3.63, 3.8) is 0 Å². The average molecular weight is 255 g/mol. The summed E-state index contributed by atoms with van der Waals surface area (Å²) < 4.78 is 10.8. The number of nitrogens with zero attached hydrogens (tertiary/aromatic N) is 1. The second kappa shape index (κ2) is 4.72. The lowest BCUT2D eigenvalue weighted by Gasteiger charge is -2.08. The molecule has 1 atom stereocenters. The van der Waals surface area contributed by atoms with Gasteiger partial charge < -0.3 is 9.47 Å². The smallest absolute Gasteiger partial charge is 0.207 e. The Balaban J connectivity index is 1.83. The molecule has 0 aliphatic carbocycles. The van der Waals surface area contributed by atoms with Crippen LogP contribution in [0.2, 0.25) is 0 Å². The standard InChI is InChI=1S/C15H13NO3/c1-18-11-4-5-13-12(8-11)15(17)14(19-13)7-10-3-2-6-16-9-10/h2-6,8-9,14H,7H2,1H3. The second-order valence-corrected chi connectivity index (χ2v) is 4.40. The van der Waals surface area contributed by atoms with Crippen molar-refractivity contribution in [1.82, 2.24) is 4.98 Å². The van der Waals surface area contributed by atoms with Crippen molar-refractivity contribution in [3.8, 4) is 11.5 Å². The van der Waals surface area contributed by atoms with E-state index in [0.29, 0.717) is 23.5 Å². The van der Waals surface area contributed by atoms with Gasteiger partial charge in [-0.3, -0.25) is 9.78 Å². The lowest BCUT2D eigenvalue weighted by Crippen LogP contribution is -2.23. The summed E-state index contributed by atoms with van der Waals surface area (Å²) in [6.07, 6.45) is 3.52. The van der Waals surface area contributed by atoms with Crippen LogP contribution < -0.4 is 9.47 Å². The van der Waals surface area contributed by atoms with Crippen LogP contribution in [0.4, 0.5) is 0 Å². The van der Waals surface area contributed by atoms with Crippen LogP contribution >= 0.6 is 0 Å². The molecule has 4 nitrogen and oxygen atoms in total. The maximum atomic E-state index is 12.3. The summed E-state index contributed by atoms with van der Waals surface area (Å²) in [5.41, 5.74) is 1.58. The summed E-state index contributed by atoms with van der Waals surface area (Å²) in [4.78, 5) is 16.3. The predicted octanol–water partition coefficient (Wildman–Crippen LogP) is 2.28. The number of benzene rings is 1. The van der Waals surface area contributed by atoms with Crippen LogP contribution in [0.25, 0.3) is 0 Å². The Bertz CT molecular complexity index is 610. The monoisotopic (exact) mass is 255 g/mol. The minimum absolute atomic E-state index is 0.00208. The summed E-state index contributed by atoms with van der Waals surface area (Å²) in [7, 11) is 1.58. The Hall–Kier alpha value is -2.36. The minimum Gasteiger partial charge on any atom is -0.497 e. The normalized spacial score (nSPS) is 16.9. The molecule has 3 rings (SSSR count). The molecule has 4 heteroatoms. The molecule has 96 valence electrons. The van der Waals surface area contributed by atoms with Gasteiger partial charge in [-0.2, -0.15) is 0 Å². The zero-order chi connectivity index (χ0) is 13.2. The molecule has 1 aliphatic rings. The number of ether oxygens (including phenoxy) is 2. The highest BCUT2D eigenvalue weighted by Crippen LogP contribution is 2.32. The van der Waals surface area contributed by atoms with Crippen molar-refractivity contribution in [2.24, 2.45) is 0 Å². The zero-order valence-corrected chi connectivity index (χ0v) is 10.5. The van der Waals surface area contributed by atoms with E-state index in [4.69, 9.17) is 9.47 Å². The molecule has 2 aromatic rings. The van der Waals surface area contributed by atoms with Crippen LogP contribution in [0.5, 0.6) is 11.5 Å². The van der Waals surface area contributed by atoms with E-state index >= 15 is 0 Å². The van der Waals surface area contributed by atoms with Crippen LogP contribution in [0.1, 0.15) is 15.9 Å². The molecule has 1 unspecified atom stereocenters. The van der Waals surface area contributed by atoms with Gasteiger partial charge in [-0.25, -0.2) is 0 Å². The van der Waals surface area contributed by atoms with Gasteiger partial charge in [-0.05, 0) is 29.8 Å². The van der Waals surface area contributed by atoms with E-state index in [1.165, 1.54) is 0 Å². The van der Waals surface area contributed by atoms with E-state index < -0.39 is 6.10 Å². The highest BCUT2D eigenvalue weighted by Gasteiger charge is 2.32. The lowest BCUT2D eigenvalue weighted by atomic mass is 10.0. The Kier molecular flexibility index (Phi) is 2.91. The average Bonchev–Trinajstić information content (AvgIpc) is 2.76. The largest absolute Gasteiger partial charge is 0.497 e. The van der Waals surface area contributed by atoms with E-state index in [-0.39, 0.29) is 5.78 Å². The van der Waals surface area contributed by atoms with Crippen molar-refractivity contribution in [2.75, 3.05) is 7.11 Å². The van der Waals surface area contributed by atoms with Gasteiger partial charge in [-0.1, -0.05) is 6.07 Å². The van der Waals surface area contributed by atoms with Gasteiger partial charge in [0.15, 0.2) is 6.10 Å². The van der Waals surface area contributed by atoms with E-state index in [1.54, 1.807) is 37.7 Å². The minimum atomic E-state index is -0.466. The van der Waals surface area contributed by atoms with Crippen LogP contribution in [-0.2, 0) is 6.42 Å². The third-order valence-electron chi connectivity index (χ3n) is 3.16. The van der Waals surface area contributed by atoms with Gasteiger partial charge >= 0.3 is 0 Å².